The van der Waals surface area contributed by atoms with E-state index >= 15 is 0 Å². The summed E-state index contributed by atoms with van der Waals surface area (Å²) in [7, 11) is 1.61. The highest BCUT2D eigenvalue weighted by molar-refractivity contribution is 6.07. The normalized spacial score (nSPS) is 10.7. The Kier molecular flexibility index (Phi) is 5.76. The standard InChI is InChI=1S/C24H22N4O4/c1-3-28-21-13-8-15(14-20(21)27-23(30)24(28)31)22(29)26-19-7-5-4-6-18(19)25-16-9-11-17(32-2)12-10-16/h4-14,25H,3H2,1-2H3,(H,26,29)(H,27,30). The first-order valence-electron chi connectivity index (χ1n) is 10.1. The van der Waals surface area contributed by atoms with E-state index in [4.69, 9.17) is 4.74 Å². The molecule has 4 aromatic rings. The van der Waals surface area contributed by atoms with Gasteiger partial charge in [0.25, 0.3) is 5.91 Å². The second-order valence-electron chi connectivity index (χ2n) is 7.09. The van der Waals surface area contributed by atoms with Crippen molar-refractivity contribution in [2.24, 2.45) is 0 Å². The molecule has 0 atom stereocenters. The molecule has 0 aliphatic rings. The number of methoxy groups -OCH3 is 1. The first-order chi connectivity index (χ1) is 15.5. The molecule has 1 aromatic heterocycles. The van der Waals surface area contributed by atoms with E-state index in [0.29, 0.717) is 28.8 Å². The molecule has 8 nitrogen and oxygen atoms in total. The number of aryl methyl sites for hydroxylation is 1. The van der Waals surface area contributed by atoms with E-state index in [1.807, 2.05) is 42.5 Å². The average molecular weight is 430 g/mol. The minimum Gasteiger partial charge on any atom is -0.497 e. The third-order valence-electron chi connectivity index (χ3n) is 5.10. The van der Waals surface area contributed by atoms with Gasteiger partial charge < -0.3 is 24.9 Å². The minimum absolute atomic E-state index is 0.342. The third-order valence-corrected chi connectivity index (χ3v) is 5.10. The Morgan fingerprint density at radius 3 is 2.41 bits per heavy atom. The maximum absolute atomic E-state index is 12.9. The maximum atomic E-state index is 12.9. The number of H-pyrrole nitrogens is 1. The molecule has 32 heavy (non-hydrogen) atoms. The number of nitrogens with one attached hydrogen (secondary N) is 3. The summed E-state index contributed by atoms with van der Waals surface area (Å²) in [6.07, 6.45) is 0. The van der Waals surface area contributed by atoms with Gasteiger partial charge >= 0.3 is 11.1 Å². The number of ether oxygens (including phenoxy) is 1. The zero-order chi connectivity index (χ0) is 22.7. The van der Waals surface area contributed by atoms with Crippen molar-refractivity contribution in [1.82, 2.24) is 9.55 Å². The molecule has 0 spiro atoms. The smallest absolute Gasteiger partial charge is 0.316 e. The average Bonchev–Trinajstić information content (AvgIpc) is 2.81. The van der Waals surface area contributed by atoms with Crippen LogP contribution in [0.4, 0.5) is 17.1 Å². The summed E-state index contributed by atoms with van der Waals surface area (Å²) in [6.45, 7) is 2.14. The lowest BCUT2D eigenvalue weighted by atomic mass is 10.1. The minimum atomic E-state index is -0.717. The van der Waals surface area contributed by atoms with E-state index in [9.17, 15) is 14.4 Å². The molecule has 8 heteroatoms. The molecule has 0 unspecified atom stereocenters. The highest BCUT2D eigenvalue weighted by Gasteiger charge is 2.13. The third kappa shape index (κ3) is 4.11. The van der Waals surface area contributed by atoms with Crippen LogP contribution in [0.1, 0.15) is 17.3 Å². The molecule has 0 bridgehead atoms. The zero-order valence-electron chi connectivity index (χ0n) is 17.6. The van der Waals surface area contributed by atoms with Crippen molar-refractivity contribution < 1.29 is 9.53 Å². The van der Waals surface area contributed by atoms with E-state index < -0.39 is 11.1 Å². The van der Waals surface area contributed by atoms with Crippen LogP contribution >= 0.6 is 0 Å². The molecule has 1 heterocycles. The molecule has 0 radical (unpaired) electrons. The summed E-state index contributed by atoms with van der Waals surface area (Å²) >= 11 is 0. The number of benzene rings is 3. The fourth-order valence-corrected chi connectivity index (χ4v) is 3.46. The molecule has 0 saturated heterocycles. The molecule has 3 N–H and O–H groups in total. The Balaban J connectivity index is 1.61. The number of rotatable bonds is 6. The number of hydrogen-bond acceptors (Lipinski definition) is 5. The second-order valence-corrected chi connectivity index (χ2v) is 7.09. The Morgan fingerprint density at radius 2 is 1.72 bits per heavy atom. The van der Waals surface area contributed by atoms with Gasteiger partial charge in [0.15, 0.2) is 0 Å². The van der Waals surface area contributed by atoms with Gasteiger partial charge in [-0.15, -0.1) is 0 Å². The molecule has 4 rings (SSSR count). The van der Waals surface area contributed by atoms with E-state index in [-0.39, 0.29) is 5.91 Å². The number of hydrogen-bond donors (Lipinski definition) is 3. The van der Waals surface area contributed by atoms with E-state index in [0.717, 1.165) is 17.1 Å². The molecule has 0 fully saturated rings. The lowest BCUT2D eigenvalue weighted by Crippen LogP contribution is -2.36. The number of carbonyl (C=O) groups is 1. The second kappa shape index (κ2) is 8.81. The van der Waals surface area contributed by atoms with Gasteiger partial charge in [-0.05, 0) is 61.5 Å². The first kappa shape index (κ1) is 20.9. The van der Waals surface area contributed by atoms with E-state index in [2.05, 4.69) is 15.6 Å². The van der Waals surface area contributed by atoms with Gasteiger partial charge in [0.1, 0.15) is 5.75 Å². The largest absolute Gasteiger partial charge is 0.497 e. The van der Waals surface area contributed by atoms with Crippen molar-refractivity contribution >= 4 is 34.0 Å². The van der Waals surface area contributed by atoms with Gasteiger partial charge in [0, 0.05) is 17.8 Å². The highest BCUT2D eigenvalue weighted by atomic mass is 16.5. The van der Waals surface area contributed by atoms with Gasteiger partial charge in [-0.2, -0.15) is 0 Å². The topological polar surface area (TPSA) is 105 Å². The maximum Gasteiger partial charge on any atom is 0.316 e. The van der Waals surface area contributed by atoms with Crippen LogP contribution in [0, 0.1) is 0 Å². The summed E-state index contributed by atoms with van der Waals surface area (Å²) in [4.78, 5) is 39.5. The summed E-state index contributed by atoms with van der Waals surface area (Å²) in [5.41, 5.74) is 2.17. The molecule has 0 saturated carbocycles. The molecule has 3 aromatic carbocycles. The van der Waals surface area contributed by atoms with Gasteiger partial charge in [-0.3, -0.25) is 14.4 Å². The summed E-state index contributed by atoms with van der Waals surface area (Å²) in [5, 5.41) is 6.19. The summed E-state index contributed by atoms with van der Waals surface area (Å²) < 4.78 is 6.56. The van der Waals surface area contributed by atoms with Crippen LogP contribution in [0.2, 0.25) is 0 Å². The monoisotopic (exact) mass is 430 g/mol. The van der Waals surface area contributed by atoms with Crippen molar-refractivity contribution in [3.8, 4) is 5.75 Å². The Labute approximate surface area is 183 Å². The van der Waals surface area contributed by atoms with Crippen molar-refractivity contribution in [3.05, 3.63) is 93.0 Å². The molecule has 0 aliphatic carbocycles. The molecular formula is C24H22N4O4. The van der Waals surface area contributed by atoms with Gasteiger partial charge in [0.2, 0.25) is 0 Å². The van der Waals surface area contributed by atoms with Gasteiger partial charge in [-0.25, -0.2) is 0 Å². The number of para-hydroxylation sites is 2. The van der Waals surface area contributed by atoms with Crippen LogP contribution in [0.5, 0.6) is 5.75 Å². The Morgan fingerprint density at radius 1 is 1.00 bits per heavy atom. The highest BCUT2D eigenvalue weighted by Crippen LogP contribution is 2.27. The SMILES string of the molecule is CCn1c(=O)c(=O)[nH]c2cc(C(=O)Nc3ccccc3Nc3ccc(OC)cc3)ccc21. The number of amides is 1. The quantitative estimate of drug-likeness (QED) is 0.405. The molecule has 162 valence electrons. The van der Waals surface area contributed by atoms with Crippen molar-refractivity contribution in [2.45, 2.75) is 13.5 Å². The number of nitrogens with zero attached hydrogens (tertiary/aromatic N) is 1. The molecule has 1 amide bonds. The van der Waals surface area contributed by atoms with E-state index in [1.165, 1.54) is 4.57 Å². The molecular weight excluding hydrogens is 408 g/mol. The van der Waals surface area contributed by atoms with Crippen molar-refractivity contribution in [2.75, 3.05) is 17.7 Å². The Bertz CT molecular complexity index is 1400. The van der Waals surface area contributed by atoms with Crippen LogP contribution in [0.15, 0.2) is 76.3 Å². The summed E-state index contributed by atoms with van der Waals surface area (Å²) in [6, 6.07) is 19.6. The number of aromatic amines is 1. The predicted molar refractivity (Wildman–Crippen MR) is 125 cm³/mol. The number of anilines is 3. The Hall–Kier alpha value is -4.33. The van der Waals surface area contributed by atoms with Crippen LogP contribution < -0.4 is 26.5 Å². The fourth-order valence-electron chi connectivity index (χ4n) is 3.46. The van der Waals surface area contributed by atoms with Crippen LogP contribution in [0.3, 0.4) is 0 Å². The lowest BCUT2D eigenvalue weighted by Gasteiger charge is -2.14. The van der Waals surface area contributed by atoms with Gasteiger partial charge in [-0.1, -0.05) is 12.1 Å². The zero-order valence-corrected chi connectivity index (χ0v) is 17.6. The number of carbonyl (C=O) groups excluding carboxylic acids is 1. The lowest BCUT2D eigenvalue weighted by molar-refractivity contribution is 0.102. The summed E-state index contributed by atoms with van der Waals surface area (Å²) in [5.74, 6) is 0.408. The predicted octanol–water partition coefficient (Wildman–Crippen LogP) is 3.71. The van der Waals surface area contributed by atoms with E-state index in [1.54, 1.807) is 38.3 Å². The van der Waals surface area contributed by atoms with Gasteiger partial charge in [0.05, 0.1) is 29.5 Å². The number of aromatic nitrogens is 2. The van der Waals surface area contributed by atoms with Crippen molar-refractivity contribution in [3.63, 3.8) is 0 Å². The van der Waals surface area contributed by atoms with Crippen molar-refractivity contribution in [1.29, 1.82) is 0 Å². The number of fused-ring (bicyclic) bond motifs is 1. The van der Waals surface area contributed by atoms with Crippen LogP contribution in [-0.2, 0) is 6.54 Å². The van der Waals surface area contributed by atoms with Crippen LogP contribution in [-0.4, -0.2) is 22.6 Å². The van der Waals surface area contributed by atoms with Crippen LogP contribution in [0.25, 0.3) is 11.0 Å². The molecule has 0 aliphatic heterocycles. The fraction of sp³-hybridized carbons (Fsp3) is 0.125. The first-order valence-corrected chi connectivity index (χ1v) is 10.1.